The first-order valence-electron chi connectivity index (χ1n) is 10.3. The van der Waals surface area contributed by atoms with Crippen molar-refractivity contribution >= 4 is 16.9 Å². The number of hydrogen-bond acceptors (Lipinski definition) is 6. The molecule has 1 aromatic carbocycles. The molecule has 3 aromatic rings. The van der Waals surface area contributed by atoms with Crippen LogP contribution >= 0.6 is 0 Å². The van der Waals surface area contributed by atoms with E-state index in [1.807, 2.05) is 17.8 Å². The lowest BCUT2D eigenvalue weighted by molar-refractivity contribution is 0.0341. The molecule has 7 heteroatoms. The van der Waals surface area contributed by atoms with Gasteiger partial charge in [-0.1, -0.05) is 24.3 Å². The lowest BCUT2D eigenvalue weighted by Crippen LogP contribution is -2.35. The van der Waals surface area contributed by atoms with Gasteiger partial charge in [0.25, 0.3) is 0 Å². The predicted molar refractivity (Wildman–Crippen MR) is 115 cm³/mol. The summed E-state index contributed by atoms with van der Waals surface area (Å²) in [7, 11) is 0. The lowest BCUT2D eigenvalue weighted by atomic mass is 10.1. The van der Waals surface area contributed by atoms with Gasteiger partial charge in [0.1, 0.15) is 11.6 Å². The van der Waals surface area contributed by atoms with Crippen molar-refractivity contribution in [2.24, 2.45) is 0 Å². The van der Waals surface area contributed by atoms with Crippen LogP contribution in [-0.4, -0.2) is 51.0 Å². The van der Waals surface area contributed by atoms with Crippen LogP contribution in [0.5, 0.6) is 0 Å². The molecule has 0 amide bonds. The Balaban J connectivity index is 1.57. The summed E-state index contributed by atoms with van der Waals surface area (Å²) in [5.41, 5.74) is 3.36. The van der Waals surface area contributed by atoms with E-state index in [1.54, 1.807) is 0 Å². The minimum absolute atomic E-state index is 0.134. The summed E-state index contributed by atoms with van der Waals surface area (Å²) < 4.78 is 7.44. The number of anilines is 1. The first-order chi connectivity index (χ1) is 13.9. The van der Waals surface area contributed by atoms with E-state index < -0.39 is 0 Å². The van der Waals surface area contributed by atoms with Crippen molar-refractivity contribution in [3.63, 3.8) is 0 Å². The van der Waals surface area contributed by atoms with E-state index in [0.717, 1.165) is 55.5 Å². The Bertz CT molecular complexity index is 985. The van der Waals surface area contributed by atoms with E-state index in [9.17, 15) is 0 Å². The molecule has 0 unspecified atom stereocenters. The first-order valence-corrected chi connectivity index (χ1v) is 10.3. The number of benzene rings is 1. The number of hydrogen-bond donors (Lipinski definition) is 1. The average molecular weight is 395 g/mol. The Hall–Kier alpha value is -2.51. The van der Waals surface area contributed by atoms with Gasteiger partial charge in [0.05, 0.1) is 30.3 Å². The highest BCUT2D eigenvalue weighted by atomic mass is 16.5. The zero-order chi connectivity index (χ0) is 20.4. The van der Waals surface area contributed by atoms with Crippen molar-refractivity contribution in [3.8, 4) is 0 Å². The molecule has 154 valence electrons. The Kier molecular flexibility index (Phi) is 5.52. The van der Waals surface area contributed by atoms with Crippen molar-refractivity contribution in [3.05, 3.63) is 47.4 Å². The molecular formula is C22H30N6O. The van der Waals surface area contributed by atoms with Crippen LogP contribution in [0.1, 0.15) is 37.7 Å². The highest BCUT2D eigenvalue weighted by molar-refractivity contribution is 5.86. The molecule has 1 fully saturated rings. The standard InChI is InChI=1S/C22H30N6O/c1-16-25-20(19-14-24-28(21(19)26-16)22(2,3)4)23-13-17-7-5-6-8-18(17)15-27-9-11-29-12-10-27/h5-8,14H,9-13,15H2,1-4H3,(H,23,25,26). The quantitative estimate of drug-likeness (QED) is 0.716. The Morgan fingerprint density at radius 3 is 2.52 bits per heavy atom. The fourth-order valence-electron chi connectivity index (χ4n) is 3.71. The molecule has 0 atom stereocenters. The summed E-state index contributed by atoms with van der Waals surface area (Å²) in [5.74, 6) is 1.58. The number of morpholine rings is 1. The highest BCUT2D eigenvalue weighted by Gasteiger charge is 2.20. The van der Waals surface area contributed by atoms with E-state index in [-0.39, 0.29) is 5.54 Å². The molecule has 0 saturated carbocycles. The predicted octanol–water partition coefficient (Wildman–Crippen LogP) is 3.33. The summed E-state index contributed by atoms with van der Waals surface area (Å²) in [6, 6.07) is 8.61. The van der Waals surface area contributed by atoms with Gasteiger partial charge < -0.3 is 10.1 Å². The molecule has 7 nitrogen and oxygen atoms in total. The molecule has 29 heavy (non-hydrogen) atoms. The van der Waals surface area contributed by atoms with E-state index in [0.29, 0.717) is 6.54 Å². The topological polar surface area (TPSA) is 68.1 Å². The first kappa shape index (κ1) is 19.8. The zero-order valence-corrected chi connectivity index (χ0v) is 17.8. The highest BCUT2D eigenvalue weighted by Crippen LogP contribution is 2.25. The third-order valence-electron chi connectivity index (χ3n) is 5.24. The maximum atomic E-state index is 5.47. The van der Waals surface area contributed by atoms with E-state index in [4.69, 9.17) is 4.74 Å². The van der Waals surface area contributed by atoms with Crippen LogP contribution in [0, 0.1) is 6.92 Å². The second-order valence-electron chi connectivity index (χ2n) is 8.59. The second-order valence-corrected chi connectivity index (χ2v) is 8.59. The van der Waals surface area contributed by atoms with Crippen molar-refractivity contribution in [2.45, 2.75) is 46.3 Å². The van der Waals surface area contributed by atoms with Crippen LogP contribution in [0.2, 0.25) is 0 Å². The number of ether oxygens (including phenoxy) is 1. The number of rotatable bonds is 5. The number of nitrogens with one attached hydrogen (secondary N) is 1. The average Bonchev–Trinajstić information content (AvgIpc) is 3.12. The van der Waals surface area contributed by atoms with Crippen LogP contribution in [0.4, 0.5) is 5.82 Å². The van der Waals surface area contributed by atoms with Gasteiger partial charge in [0.15, 0.2) is 5.65 Å². The SMILES string of the molecule is Cc1nc(NCc2ccccc2CN2CCOCC2)c2cnn(C(C)(C)C)c2n1. The van der Waals surface area contributed by atoms with Gasteiger partial charge in [-0.05, 0) is 38.8 Å². The molecule has 2 aromatic heterocycles. The van der Waals surface area contributed by atoms with Crippen molar-refractivity contribution < 1.29 is 4.74 Å². The minimum atomic E-state index is -0.134. The van der Waals surface area contributed by atoms with Gasteiger partial charge in [-0.25, -0.2) is 14.6 Å². The smallest absolute Gasteiger partial charge is 0.164 e. The molecule has 1 saturated heterocycles. The fourth-order valence-corrected chi connectivity index (χ4v) is 3.71. The Labute approximate surface area is 172 Å². The molecule has 4 rings (SSSR count). The zero-order valence-electron chi connectivity index (χ0n) is 17.8. The summed E-state index contributed by atoms with van der Waals surface area (Å²) in [4.78, 5) is 11.7. The van der Waals surface area contributed by atoms with Crippen LogP contribution in [0.15, 0.2) is 30.5 Å². The number of nitrogens with zero attached hydrogens (tertiary/aromatic N) is 5. The monoisotopic (exact) mass is 394 g/mol. The van der Waals surface area contributed by atoms with Gasteiger partial charge in [-0.2, -0.15) is 5.10 Å². The molecule has 1 N–H and O–H groups in total. The molecule has 0 aliphatic carbocycles. The van der Waals surface area contributed by atoms with Crippen LogP contribution < -0.4 is 5.32 Å². The molecule has 0 bridgehead atoms. The molecule has 1 aliphatic rings. The molecular weight excluding hydrogens is 364 g/mol. The third kappa shape index (κ3) is 4.41. The normalized spacial score (nSPS) is 15.7. The summed E-state index contributed by atoms with van der Waals surface area (Å²) in [6.45, 7) is 13.6. The summed E-state index contributed by atoms with van der Waals surface area (Å²) in [6.07, 6.45) is 1.86. The largest absolute Gasteiger partial charge is 0.379 e. The van der Waals surface area contributed by atoms with Crippen molar-refractivity contribution in [1.29, 1.82) is 0 Å². The van der Waals surface area contributed by atoms with Gasteiger partial charge in [-0.3, -0.25) is 4.90 Å². The van der Waals surface area contributed by atoms with E-state index >= 15 is 0 Å². The number of aryl methyl sites for hydroxylation is 1. The maximum absolute atomic E-state index is 5.47. The van der Waals surface area contributed by atoms with Gasteiger partial charge in [0, 0.05) is 26.2 Å². The second kappa shape index (κ2) is 8.08. The Morgan fingerprint density at radius 2 is 1.79 bits per heavy atom. The summed E-state index contributed by atoms with van der Waals surface area (Å²) in [5, 5.41) is 9.07. The van der Waals surface area contributed by atoms with Crippen LogP contribution in [0.25, 0.3) is 11.0 Å². The maximum Gasteiger partial charge on any atom is 0.164 e. The summed E-state index contributed by atoms with van der Waals surface area (Å²) >= 11 is 0. The Morgan fingerprint density at radius 1 is 1.07 bits per heavy atom. The number of aromatic nitrogens is 4. The van der Waals surface area contributed by atoms with Gasteiger partial charge >= 0.3 is 0 Å². The third-order valence-corrected chi connectivity index (χ3v) is 5.24. The van der Waals surface area contributed by atoms with Gasteiger partial charge in [0.2, 0.25) is 0 Å². The molecule has 0 spiro atoms. The van der Waals surface area contributed by atoms with Crippen molar-refractivity contribution in [2.75, 3.05) is 31.6 Å². The van der Waals surface area contributed by atoms with Crippen LogP contribution in [0.3, 0.4) is 0 Å². The van der Waals surface area contributed by atoms with Gasteiger partial charge in [-0.15, -0.1) is 0 Å². The lowest BCUT2D eigenvalue weighted by Gasteiger charge is -2.27. The molecule has 3 heterocycles. The fraction of sp³-hybridized carbons (Fsp3) is 0.500. The van der Waals surface area contributed by atoms with Crippen LogP contribution in [-0.2, 0) is 23.4 Å². The molecule has 0 radical (unpaired) electrons. The molecule has 1 aliphatic heterocycles. The minimum Gasteiger partial charge on any atom is -0.379 e. The van der Waals surface area contributed by atoms with E-state index in [1.165, 1.54) is 11.1 Å². The number of fused-ring (bicyclic) bond motifs is 1. The van der Waals surface area contributed by atoms with E-state index in [2.05, 4.69) is 70.3 Å². The van der Waals surface area contributed by atoms with Crippen molar-refractivity contribution in [1.82, 2.24) is 24.6 Å².